The molecule has 2 aromatic rings. The third-order valence-corrected chi connectivity index (χ3v) is 7.27. The number of anilines is 1. The maximum Gasteiger partial charge on any atom is 0.491 e. The van der Waals surface area contributed by atoms with Gasteiger partial charge in [-0.2, -0.15) is 13.2 Å². The second-order valence-electron chi connectivity index (χ2n) is 9.46. The first-order valence-electron chi connectivity index (χ1n) is 11.9. The predicted octanol–water partition coefficient (Wildman–Crippen LogP) is 2.35. The number of amides is 2. The molecule has 37 heavy (non-hydrogen) atoms. The number of halogens is 3. The Kier molecular flexibility index (Phi) is 7.18. The molecule has 0 radical (unpaired) electrons. The number of aliphatic hydroxyl groups is 1. The Morgan fingerprint density at radius 3 is 2.05 bits per heavy atom. The van der Waals surface area contributed by atoms with Gasteiger partial charge in [-0.15, -0.1) is 0 Å². The predicted molar refractivity (Wildman–Crippen MR) is 127 cm³/mol. The van der Waals surface area contributed by atoms with Crippen molar-refractivity contribution in [3.8, 4) is 0 Å². The highest BCUT2D eigenvalue weighted by molar-refractivity contribution is 5.88. The van der Waals surface area contributed by atoms with Gasteiger partial charge in [0.15, 0.2) is 0 Å². The minimum absolute atomic E-state index is 0.0153. The lowest BCUT2D eigenvalue weighted by atomic mass is 9.63. The molecule has 3 N–H and O–H groups in total. The Hall–Kier alpha value is -3.60. The average molecular weight is 520 g/mol. The number of para-hydroxylation sites is 1. The lowest BCUT2D eigenvalue weighted by Gasteiger charge is -2.48. The highest BCUT2D eigenvalue weighted by Crippen LogP contribution is 2.48. The molecule has 2 amide bonds. The summed E-state index contributed by atoms with van der Waals surface area (Å²) in [6, 6.07) is 17.6. The van der Waals surface area contributed by atoms with Gasteiger partial charge < -0.3 is 25.4 Å². The Labute approximate surface area is 211 Å². The molecule has 0 spiro atoms. The highest BCUT2D eigenvalue weighted by atomic mass is 19.4. The van der Waals surface area contributed by atoms with Crippen LogP contribution in [0.3, 0.4) is 0 Å². The summed E-state index contributed by atoms with van der Waals surface area (Å²) in [7, 11) is 0. The molecule has 8 nitrogen and oxygen atoms in total. The van der Waals surface area contributed by atoms with E-state index in [0.717, 1.165) is 5.69 Å². The van der Waals surface area contributed by atoms with Crippen LogP contribution in [0.25, 0.3) is 0 Å². The van der Waals surface area contributed by atoms with E-state index >= 15 is 0 Å². The molecule has 1 aliphatic heterocycles. The van der Waals surface area contributed by atoms with E-state index in [-0.39, 0.29) is 25.9 Å². The first-order chi connectivity index (χ1) is 17.5. The summed E-state index contributed by atoms with van der Waals surface area (Å²) in [6.45, 7) is 1.46. The van der Waals surface area contributed by atoms with Crippen molar-refractivity contribution in [3.63, 3.8) is 0 Å². The van der Waals surface area contributed by atoms with Gasteiger partial charge in [0.05, 0.1) is 5.41 Å². The number of carbonyl (C=O) groups excluding carboxylic acids is 3. The quantitative estimate of drug-likeness (QED) is 0.463. The van der Waals surface area contributed by atoms with E-state index in [1.165, 1.54) is 4.90 Å². The third-order valence-electron chi connectivity index (χ3n) is 7.27. The van der Waals surface area contributed by atoms with Gasteiger partial charge in [0.1, 0.15) is 5.92 Å². The molecular formula is C26H28F3N3O5. The van der Waals surface area contributed by atoms with Crippen LogP contribution in [0.4, 0.5) is 18.9 Å². The molecule has 1 saturated heterocycles. The second kappa shape index (κ2) is 10.0. The van der Waals surface area contributed by atoms with Crippen molar-refractivity contribution in [2.24, 2.45) is 11.7 Å². The molecule has 4 rings (SSSR count). The van der Waals surface area contributed by atoms with Crippen LogP contribution in [-0.4, -0.2) is 65.9 Å². The van der Waals surface area contributed by atoms with Gasteiger partial charge in [0, 0.05) is 38.3 Å². The summed E-state index contributed by atoms with van der Waals surface area (Å²) in [5.74, 6) is -8.59. The number of hydrogen-bond donors (Lipinski definition) is 2. The van der Waals surface area contributed by atoms with E-state index in [1.807, 2.05) is 30.3 Å². The largest absolute Gasteiger partial charge is 0.491 e. The van der Waals surface area contributed by atoms with Gasteiger partial charge in [0.2, 0.25) is 17.6 Å². The van der Waals surface area contributed by atoms with Gasteiger partial charge >= 0.3 is 12.1 Å². The Bertz CT molecular complexity index is 1140. The van der Waals surface area contributed by atoms with Crippen LogP contribution in [-0.2, 0) is 24.5 Å². The van der Waals surface area contributed by atoms with Crippen LogP contribution in [0, 0.1) is 5.92 Å². The Balaban J connectivity index is 1.60. The SMILES string of the molecule is NC(=O)C1(c2ccccc2)CCC(C(=O)N2CCN(c3ccccc3)CC2)C(O)(OC(=O)C(F)(F)F)C1. The number of primary amides is 1. The van der Waals surface area contributed by atoms with Crippen LogP contribution < -0.4 is 10.6 Å². The number of carbonyl (C=O) groups is 3. The van der Waals surface area contributed by atoms with Gasteiger partial charge in [-0.25, -0.2) is 4.79 Å². The van der Waals surface area contributed by atoms with Crippen LogP contribution in [0.5, 0.6) is 0 Å². The molecule has 3 atom stereocenters. The van der Waals surface area contributed by atoms with E-state index in [9.17, 15) is 32.7 Å². The number of nitrogens with zero attached hydrogens (tertiary/aromatic N) is 2. The van der Waals surface area contributed by atoms with E-state index < -0.39 is 47.5 Å². The van der Waals surface area contributed by atoms with Crippen molar-refractivity contribution in [1.82, 2.24) is 4.90 Å². The summed E-state index contributed by atoms with van der Waals surface area (Å²) in [5.41, 5.74) is 5.38. The molecule has 2 aromatic carbocycles. The number of esters is 1. The zero-order valence-electron chi connectivity index (χ0n) is 20.0. The number of benzene rings is 2. The van der Waals surface area contributed by atoms with Crippen molar-refractivity contribution in [1.29, 1.82) is 0 Å². The fourth-order valence-electron chi connectivity index (χ4n) is 5.30. The molecule has 0 bridgehead atoms. The van der Waals surface area contributed by atoms with Gasteiger partial charge in [-0.3, -0.25) is 9.59 Å². The highest BCUT2D eigenvalue weighted by Gasteiger charge is 2.60. The number of ether oxygens (including phenoxy) is 1. The molecule has 1 heterocycles. The molecule has 198 valence electrons. The van der Waals surface area contributed by atoms with Gasteiger partial charge in [-0.1, -0.05) is 48.5 Å². The number of nitrogens with two attached hydrogens (primary N) is 1. The fourth-order valence-corrected chi connectivity index (χ4v) is 5.30. The minimum Gasteiger partial charge on any atom is -0.426 e. The topological polar surface area (TPSA) is 113 Å². The van der Waals surface area contributed by atoms with Crippen LogP contribution in [0.2, 0.25) is 0 Å². The monoisotopic (exact) mass is 519 g/mol. The lowest BCUT2D eigenvalue weighted by Crippen LogP contribution is -2.62. The second-order valence-corrected chi connectivity index (χ2v) is 9.46. The average Bonchev–Trinajstić information content (AvgIpc) is 2.88. The molecule has 1 saturated carbocycles. The zero-order chi connectivity index (χ0) is 26.8. The Morgan fingerprint density at radius 2 is 1.51 bits per heavy atom. The third kappa shape index (κ3) is 5.27. The minimum atomic E-state index is -5.41. The summed E-state index contributed by atoms with van der Waals surface area (Å²) < 4.78 is 44.1. The summed E-state index contributed by atoms with van der Waals surface area (Å²) in [4.78, 5) is 41.5. The normalized spacial score (nSPS) is 26.4. The molecule has 2 aliphatic rings. The molecule has 0 aromatic heterocycles. The lowest BCUT2D eigenvalue weighted by molar-refractivity contribution is -0.274. The van der Waals surface area contributed by atoms with E-state index in [1.54, 1.807) is 30.3 Å². The fraction of sp³-hybridized carbons (Fsp3) is 0.423. The Morgan fingerprint density at radius 1 is 0.946 bits per heavy atom. The van der Waals surface area contributed by atoms with Crippen molar-refractivity contribution in [2.75, 3.05) is 31.1 Å². The maximum absolute atomic E-state index is 13.5. The molecular weight excluding hydrogens is 491 g/mol. The van der Waals surface area contributed by atoms with Crippen molar-refractivity contribution in [2.45, 2.75) is 36.6 Å². The van der Waals surface area contributed by atoms with Crippen LogP contribution in [0.1, 0.15) is 24.8 Å². The molecule has 3 unspecified atom stereocenters. The van der Waals surface area contributed by atoms with Crippen molar-refractivity contribution >= 4 is 23.5 Å². The smallest absolute Gasteiger partial charge is 0.426 e. The standard InChI is InChI=1S/C26H28F3N3O5/c27-26(28,29)23(35)37-25(36)17-24(22(30)34,18-7-3-1-4-8-18)12-11-20(25)21(33)32-15-13-31(14-16-32)19-9-5-2-6-10-19/h1-10,20,36H,11-17H2,(H2,30,34). The molecule has 11 heteroatoms. The van der Waals surface area contributed by atoms with Gasteiger partial charge in [0.25, 0.3) is 0 Å². The summed E-state index contributed by atoms with van der Waals surface area (Å²) >= 11 is 0. The zero-order valence-corrected chi connectivity index (χ0v) is 20.0. The summed E-state index contributed by atoms with van der Waals surface area (Å²) in [6.07, 6.45) is -6.42. The number of rotatable bonds is 5. The van der Waals surface area contributed by atoms with Crippen molar-refractivity contribution < 1.29 is 37.4 Å². The first-order valence-corrected chi connectivity index (χ1v) is 11.9. The molecule has 2 fully saturated rings. The van der Waals surface area contributed by atoms with Crippen LogP contribution in [0.15, 0.2) is 60.7 Å². The van der Waals surface area contributed by atoms with E-state index in [0.29, 0.717) is 18.7 Å². The van der Waals surface area contributed by atoms with Gasteiger partial charge in [-0.05, 0) is 30.5 Å². The maximum atomic E-state index is 13.5. The number of hydrogen-bond acceptors (Lipinski definition) is 6. The van der Waals surface area contributed by atoms with E-state index in [4.69, 9.17) is 5.73 Å². The first kappa shape index (κ1) is 26.5. The van der Waals surface area contributed by atoms with Crippen molar-refractivity contribution in [3.05, 3.63) is 66.2 Å². The molecule has 1 aliphatic carbocycles. The number of piperazine rings is 1. The van der Waals surface area contributed by atoms with Crippen LogP contribution >= 0.6 is 0 Å². The summed E-state index contributed by atoms with van der Waals surface area (Å²) in [5, 5.41) is 11.4. The number of alkyl halides is 3. The van der Waals surface area contributed by atoms with E-state index in [2.05, 4.69) is 9.64 Å².